The van der Waals surface area contributed by atoms with Crippen molar-refractivity contribution in [2.45, 2.75) is 18.6 Å². The highest BCUT2D eigenvalue weighted by Gasteiger charge is 2.32. The average Bonchev–Trinajstić information content (AvgIpc) is 2.68. The van der Waals surface area contributed by atoms with E-state index in [9.17, 15) is 5.11 Å². The molecule has 2 rings (SSSR count). The smallest absolute Gasteiger partial charge is 0.122 e. The van der Waals surface area contributed by atoms with Crippen molar-refractivity contribution in [1.82, 2.24) is 4.90 Å². The molecule has 0 spiro atoms. The van der Waals surface area contributed by atoms with E-state index < -0.39 is 0 Å². The normalized spacial score (nSPS) is 22.6. The summed E-state index contributed by atoms with van der Waals surface area (Å²) >= 11 is 3.55. The lowest BCUT2D eigenvalue weighted by Gasteiger charge is -2.29. The highest BCUT2D eigenvalue weighted by Crippen LogP contribution is 2.33. The number of β-amino-alcohol motifs (C(OH)–C–C–N with tert-alkyl or cyclic N) is 1. The molecule has 1 fully saturated rings. The molecule has 110 valence electrons. The van der Waals surface area contributed by atoms with Crippen LogP contribution in [0, 0.1) is 5.41 Å². The second-order valence-corrected chi connectivity index (χ2v) is 6.39. The zero-order valence-corrected chi connectivity index (χ0v) is 13.4. The van der Waals surface area contributed by atoms with Gasteiger partial charge in [-0.15, -0.1) is 0 Å². The van der Waals surface area contributed by atoms with E-state index in [1.807, 2.05) is 32.3 Å². The average molecular weight is 341 g/mol. The minimum atomic E-state index is -0.292. The number of amidine groups is 1. The Kier molecular flexibility index (Phi) is 4.67. The van der Waals surface area contributed by atoms with Gasteiger partial charge in [-0.25, -0.2) is 0 Å². The Hall–Kier alpha value is -1.11. The third kappa shape index (κ3) is 3.31. The lowest BCUT2D eigenvalue weighted by molar-refractivity contribution is 0.191. The molecule has 1 aromatic carbocycles. The summed E-state index contributed by atoms with van der Waals surface area (Å²) in [6.07, 6.45) is 0.485. The maximum Gasteiger partial charge on any atom is 0.122 e. The zero-order valence-electron chi connectivity index (χ0n) is 11.8. The van der Waals surface area contributed by atoms with Gasteiger partial charge in [0, 0.05) is 29.2 Å². The van der Waals surface area contributed by atoms with Crippen molar-refractivity contribution in [2.75, 3.05) is 32.1 Å². The molecule has 0 bridgehead atoms. The number of hydrogen-bond donors (Lipinski definition) is 3. The quantitative estimate of drug-likeness (QED) is 0.569. The summed E-state index contributed by atoms with van der Waals surface area (Å²) < 4.78 is 0.906. The van der Waals surface area contributed by atoms with Crippen LogP contribution in [0.25, 0.3) is 0 Å². The number of halogens is 1. The van der Waals surface area contributed by atoms with Gasteiger partial charge >= 0.3 is 0 Å². The van der Waals surface area contributed by atoms with Gasteiger partial charge in [-0.3, -0.25) is 5.41 Å². The number of rotatable bonds is 4. The van der Waals surface area contributed by atoms with E-state index >= 15 is 0 Å². The Morgan fingerprint density at radius 2 is 2.25 bits per heavy atom. The van der Waals surface area contributed by atoms with E-state index in [0.29, 0.717) is 18.2 Å². The van der Waals surface area contributed by atoms with Crippen molar-refractivity contribution in [1.29, 1.82) is 5.41 Å². The fraction of sp³-hybridized carbons (Fsp3) is 0.500. The largest absolute Gasteiger partial charge is 0.391 e. The van der Waals surface area contributed by atoms with Crippen LogP contribution in [-0.4, -0.2) is 55.2 Å². The van der Waals surface area contributed by atoms with Gasteiger partial charge in [-0.1, -0.05) is 0 Å². The predicted octanol–water partition coefficient (Wildman–Crippen LogP) is 1.23. The summed E-state index contributed by atoms with van der Waals surface area (Å²) in [5, 5.41) is 17.4. The first kappa shape index (κ1) is 15.3. The lowest BCUT2D eigenvalue weighted by Crippen LogP contribution is -2.37. The number of aliphatic hydroxyl groups excluding tert-OH is 1. The zero-order chi connectivity index (χ0) is 14.9. The number of nitrogens with two attached hydrogens (primary N) is 1. The first-order valence-electron chi connectivity index (χ1n) is 6.62. The first-order chi connectivity index (χ1) is 9.38. The summed E-state index contributed by atoms with van der Waals surface area (Å²) in [5.74, 6) is 0.0588. The highest BCUT2D eigenvalue weighted by molar-refractivity contribution is 9.10. The second-order valence-electron chi connectivity index (χ2n) is 5.54. The third-order valence-corrected chi connectivity index (χ3v) is 4.17. The number of hydrogen-bond acceptors (Lipinski definition) is 4. The van der Waals surface area contributed by atoms with E-state index in [1.54, 1.807) is 0 Å². The van der Waals surface area contributed by atoms with Gasteiger partial charge < -0.3 is 20.6 Å². The Bertz CT molecular complexity index is 506. The number of nitrogen functional groups attached to an aromatic ring is 1. The molecule has 1 aliphatic heterocycles. The van der Waals surface area contributed by atoms with Gasteiger partial charge in [0.25, 0.3) is 0 Å². The number of aliphatic hydroxyl groups is 1. The SMILES string of the molecule is CN(C)CC1CC(O)CN1c1ccc(C(=N)N)cc1Br. The molecule has 1 heterocycles. The van der Waals surface area contributed by atoms with Crippen molar-refractivity contribution in [2.24, 2.45) is 5.73 Å². The summed E-state index contributed by atoms with van der Waals surface area (Å²) in [6, 6.07) is 5.95. The molecule has 0 radical (unpaired) electrons. The van der Waals surface area contributed by atoms with Crippen LogP contribution < -0.4 is 10.6 Å². The molecule has 2 atom stereocenters. The van der Waals surface area contributed by atoms with Crippen LogP contribution in [0.5, 0.6) is 0 Å². The van der Waals surface area contributed by atoms with Crippen molar-refractivity contribution in [3.8, 4) is 0 Å². The molecule has 6 heteroatoms. The minimum Gasteiger partial charge on any atom is -0.391 e. The standard InChI is InChI=1S/C14H21BrN4O/c1-18(2)7-10-6-11(20)8-19(10)13-4-3-9(14(16)17)5-12(13)15/h3-5,10-11,20H,6-8H2,1-2H3,(H3,16,17). The maximum absolute atomic E-state index is 9.95. The Morgan fingerprint density at radius 3 is 2.80 bits per heavy atom. The number of nitrogens with zero attached hydrogens (tertiary/aromatic N) is 2. The Labute approximate surface area is 128 Å². The van der Waals surface area contributed by atoms with E-state index in [0.717, 1.165) is 23.1 Å². The molecule has 4 N–H and O–H groups in total. The van der Waals surface area contributed by atoms with Crippen LogP contribution in [-0.2, 0) is 0 Å². The van der Waals surface area contributed by atoms with E-state index in [-0.39, 0.29) is 11.9 Å². The summed E-state index contributed by atoms with van der Waals surface area (Å²) in [4.78, 5) is 4.35. The van der Waals surface area contributed by atoms with Crippen LogP contribution in [0.1, 0.15) is 12.0 Å². The van der Waals surface area contributed by atoms with Crippen LogP contribution in [0.3, 0.4) is 0 Å². The lowest BCUT2D eigenvalue weighted by atomic mass is 10.1. The molecular weight excluding hydrogens is 320 g/mol. The molecule has 1 aromatic rings. The molecule has 0 aliphatic carbocycles. The van der Waals surface area contributed by atoms with Crippen LogP contribution >= 0.6 is 15.9 Å². The van der Waals surface area contributed by atoms with Gasteiger partial charge in [-0.2, -0.15) is 0 Å². The molecule has 0 aromatic heterocycles. The molecular formula is C14H21BrN4O. The summed E-state index contributed by atoms with van der Waals surface area (Å²) in [5.41, 5.74) is 7.24. The van der Waals surface area contributed by atoms with Gasteiger partial charge in [0.15, 0.2) is 0 Å². The van der Waals surface area contributed by atoms with Gasteiger partial charge in [0.1, 0.15) is 5.84 Å². The topological polar surface area (TPSA) is 76.6 Å². The van der Waals surface area contributed by atoms with Gasteiger partial charge in [-0.05, 0) is 54.6 Å². The monoisotopic (exact) mass is 340 g/mol. The minimum absolute atomic E-state index is 0.0588. The molecule has 0 amide bonds. The molecule has 0 saturated carbocycles. The number of likely N-dealkylation sites (N-methyl/N-ethyl adjacent to an activating group) is 1. The van der Waals surface area contributed by atoms with Crippen molar-refractivity contribution >= 4 is 27.5 Å². The molecule has 2 unspecified atom stereocenters. The van der Waals surface area contributed by atoms with Gasteiger partial charge in [0.05, 0.1) is 11.8 Å². The molecule has 20 heavy (non-hydrogen) atoms. The first-order valence-corrected chi connectivity index (χ1v) is 7.41. The van der Waals surface area contributed by atoms with E-state index in [4.69, 9.17) is 11.1 Å². The summed E-state index contributed by atoms with van der Waals surface area (Å²) in [7, 11) is 4.08. The number of benzene rings is 1. The van der Waals surface area contributed by atoms with E-state index in [2.05, 4.69) is 25.7 Å². The third-order valence-electron chi connectivity index (χ3n) is 3.54. The van der Waals surface area contributed by atoms with Crippen molar-refractivity contribution in [3.63, 3.8) is 0 Å². The second kappa shape index (κ2) is 6.11. The summed E-state index contributed by atoms with van der Waals surface area (Å²) in [6.45, 7) is 1.54. The maximum atomic E-state index is 9.95. The molecule has 1 aliphatic rings. The molecule has 5 nitrogen and oxygen atoms in total. The fourth-order valence-electron chi connectivity index (χ4n) is 2.69. The van der Waals surface area contributed by atoms with E-state index in [1.165, 1.54) is 0 Å². The fourth-order valence-corrected chi connectivity index (χ4v) is 3.30. The van der Waals surface area contributed by atoms with Crippen LogP contribution in [0.2, 0.25) is 0 Å². The Balaban J connectivity index is 2.27. The number of nitrogens with one attached hydrogen (secondary N) is 1. The highest BCUT2D eigenvalue weighted by atomic mass is 79.9. The van der Waals surface area contributed by atoms with Crippen molar-refractivity contribution in [3.05, 3.63) is 28.2 Å². The Morgan fingerprint density at radius 1 is 1.55 bits per heavy atom. The van der Waals surface area contributed by atoms with Crippen LogP contribution in [0.4, 0.5) is 5.69 Å². The van der Waals surface area contributed by atoms with Crippen LogP contribution in [0.15, 0.2) is 22.7 Å². The molecule has 1 saturated heterocycles. The predicted molar refractivity (Wildman–Crippen MR) is 85.5 cm³/mol. The number of anilines is 1. The van der Waals surface area contributed by atoms with Gasteiger partial charge in [0.2, 0.25) is 0 Å². The van der Waals surface area contributed by atoms with Crippen molar-refractivity contribution < 1.29 is 5.11 Å².